The molecule has 8 nitrogen and oxygen atoms in total. The molecule has 188 valence electrons. The van der Waals surface area contributed by atoms with Crippen molar-refractivity contribution >= 4 is 34.7 Å². The molecule has 2 aromatic heterocycles. The molecule has 9 heteroatoms. The molecule has 36 heavy (non-hydrogen) atoms. The fourth-order valence-corrected chi connectivity index (χ4v) is 5.30. The minimum atomic E-state index is -0.751. The molecule has 5 rings (SSSR count). The molecule has 1 amide bonds. The number of imidazole rings is 1. The van der Waals surface area contributed by atoms with Crippen molar-refractivity contribution in [2.45, 2.75) is 26.3 Å². The van der Waals surface area contributed by atoms with Gasteiger partial charge >= 0.3 is 0 Å². The summed E-state index contributed by atoms with van der Waals surface area (Å²) in [6.45, 7) is 8.03. The number of morpholine rings is 1. The van der Waals surface area contributed by atoms with Gasteiger partial charge in [-0.05, 0) is 49.6 Å². The van der Waals surface area contributed by atoms with Crippen LogP contribution in [-0.2, 0) is 14.3 Å². The standard InChI is InChI=1S/C27H29ClN4O4/c1-17-6-4-10-31-18(2)22(29-26(17)31)24(33)21-23(19-7-3-8-20(28)16-19)32(27(35)25(21)34)11-5-9-30-12-14-36-15-13-30/h3-4,6-8,10,16,23,33H,5,9,11-15H2,1-2H3. The van der Waals surface area contributed by atoms with E-state index in [1.807, 2.05) is 42.6 Å². The van der Waals surface area contributed by atoms with Gasteiger partial charge in [0.1, 0.15) is 11.3 Å². The van der Waals surface area contributed by atoms with Crippen molar-refractivity contribution in [2.24, 2.45) is 0 Å². The SMILES string of the molecule is Cc1cccn2c(C)c(C(O)=C3C(=O)C(=O)N(CCCN4CCOCC4)C3c3cccc(Cl)c3)nc12. The average molecular weight is 509 g/mol. The summed E-state index contributed by atoms with van der Waals surface area (Å²) < 4.78 is 7.29. The summed E-state index contributed by atoms with van der Waals surface area (Å²) in [5.74, 6) is -1.60. The number of hydrogen-bond acceptors (Lipinski definition) is 6. The van der Waals surface area contributed by atoms with E-state index in [-0.39, 0.29) is 11.3 Å². The van der Waals surface area contributed by atoms with Crippen LogP contribution in [0.5, 0.6) is 0 Å². The number of ether oxygens (including phenoxy) is 1. The van der Waals surface area contributed by atoms with Crippen molar-refractivity contribution in [2.75, 3.05) is 39.4 Å². The lowest BCUT2D eigenvalue weighted by Crippen LogP contribution is -2.38. The van der Waals surface area contributed by atoms with Crippen LogP contribution in [0, 0.1) is 13.8 Å². The maximum absolute atomic E-state index is 13.4. The number of nitrogens with zero attached hydrogens (tertiary/aromatic N) is 4. The number of rotatable bonds is 6. The number of benzene rings is 1. The van der Waals surface area contributed by atoms with Crippen molar-refractivity contribution in [1.82, 2.24) is 19.2 Å². The molecule has 3 aromatic rings. The Morgan fingerprint density at radius 3 is 2.64 bits per heavy atom. The Bertz CT molecular complexity index is 1360. The third-order valence-electron chi connectivity index (χ3n) is 6.99. The summed E-state index contributed by atoms with van der Waals surface area (Å²) in [5, 5.41) is 12.0. The van der Waals surface area contributed by atoms with E-state index in [9.17, 15) is 14.7 Å². The number of hydrogen-bond donors (Lipinski definition) is 1. The zero-order chi connectivity index (χ0) is 25.4. The molecule has 2 aliphatic rings. The number of pyridine rings is 1. The Labute approximate surface area is 214 Å². The van der Waals surface area contributed by atoms with Gasteiger partial charge in [0.25, 0.3) is 11.7 Å². The summed E-state index contributed by atoms with van der Waals surface area (Å²) in [4.78, 5) is 35.1. The molecule has 4 heterocycles. The van der Waals surface area contributed by atoms with Gasteiger partial charge in [0.2, 0.25) is 0 Å². The lowest BCUT2D eigenvalue weighted by Gasteiger charge is -2.29. The second-order valence-corrected chi connectivity index (χ2v) is 9.72. The number of aryl methyl sites for hydroxylation is 2. The Morgan fingerprint density at radius 2 is 1.92 bits per heavy atom. The lowest BCUT2D eigenvalue weighted by atomic mass is 9.96. The van der Waals surface area contributed by atoms with Crippen LogP contribution in [0.3, 0.4) is 0 Å². The number of ketones is 1. The normalized spacial score (nSPS) is 20.5. The second-order valence-electron chi connectivity index (χ2n) is 9.29. The van der Waals surface area contributed by atoms with Gasteiger partial charge in [0.15, 0.2) is 5.76 Å². The van der Waals surface area contributed by atoms with E-state index in [0.717, 1.165) is 25.2 Å². The lowest BCUT2D eigenvalue weighted by molar-refractivity contribution is -0.140. The van der Waals surface area contributed by atoms with Gasteiger partial charge < -0.3 is 19.1 Å². The molecule has 1 N–H and O–H groups in total. The van der Waals surface area contributed by atoms with Gasteiger partial charge in [-0.25, -0.2) is 4.98 Å². The third kappa shape index (κ3) is 4.40. The number of likely N-dealkylation sites (tertiary alicyclic amines) is 1. The fourth-order valence-electron chi connectivity index (χ4n) is 5.10. The number of carbonyl (C=O) groups excluding carboxylic acids is 2. The highest BCUT2D eigenvalue weighted by molar-refractivity contribution is 6.46. The number of aromatic nitrogens is 2. The molecule has 0 aliphatic carbocycles. The second kappa shape index (κ2) is 10.0. The summed E-state index contributed by atoms with van der Waals surface area (Å²) >= 11 is 6.29. The minimum absolute atomic E-state index is 0.0396. The maximum Gasteiger partial charge on any atom is 0.295 e. The third-order valence-corrected chi connectivity index (χ3v) is 7.22. The van der Waals surface area contributed by atoms with E-state index in [1.165, 1.54) is 0 Å². The highest BCUT2D eigenvalue weighted by Gasteiger charge is 2.46. The Balaban J connectivity index is 1.55. The smallest absolute Gasteiger partial charge is 0.295 e. The van der Waals surface area contributed by atoms with Crippen LogP contribution in [0.15, 0.2) is 48.2 Å². The first-order chi connectivity index (χ1) is 17.4. The molecule has 0 saturated carbocycles. The van der Waals surface area contributed by atoms with Crippen LogP contribution in [-0.4, -0.2) is 75.4 Å². The molecule has 1 unspecified atom stereocenters. The molecule has 0 radical (unpaired) electrons. The molecule has 0 bridgehead atoms. The number of amides is 1. The number of Topliss-reactive ketones (excluding diaryl/α,β-unsaturated/α-hetero) is 1. The fraction of sp³-hybridized carbons (Fsp3) is 0.370. The monoisotopic (exact) mass is 508 g/mol. The van der Waals surface area contributed by atoms with Crippen molar-refractivity contribution in [3.8, 4) is 0 Å². The highest BCUT2D eigenvalue weighted by atomic mass is 35.5. The Hall–Kier alpha value is -3.20. The van der Waals surface area contributed by atoms with Crippen LogP contribution >= 0.6 is 11.6 Å². The predicted molar refractivity (Wildman–Crippen MR) is 137 cm³/mol. The maximum atomic E-state index is 13.4. The summed E-state index contributed by atoms with van der Waals surface area (Å²) in [6.07, 6.45) is 2.55. The number of aliphatic hydroxyl groups is 1. The summed E-state index contributed by atoms with van der Waals surface area (Å²) in [7, 11) is 0. The van der Waals surface area contributed by atoms with Gasteiger partial charge in [0.05, 0.1) is 30.5 Å². The summed E-state index contributed by atoms with van der Waals surface area (Å²) in [6, 6.07) is 10.2. The van der Waals surface area contributed by atoms with Gasteiger partial charge in [0, 0.05) is 37.4 Å². The van der Waals surface area contributed by atoms with E-state index >= 15 is 0 Å². The molecule has 2 fully saturated rings. The number of aliphatic hydroxyl groups excluding tert-OH is 1. The molecule has 2 aliphatic heterocycles. The zero-order valence-corrected chi connectivity index (χ0v) is 21.2. The van der Waals surface area contributed by atoms with Crippen LogP contribution in [0.25, 0.3) is 11.4 Å². The minimum Gasteiger partial charge on any atom is -0.505 e. The Morgan fingerprint density at radius 1 is 1.14 bits per heavy atom. The predicted octanol–water partition coefficient (Wildman–Crippen LogP) is 3.75. The largest absolute Gasteiger partial charge is 0.505 e. The van der Waals surface area contributed by atoms with E-state index in [0.29, 0.717) is 53.8 Å². The van der Waals surface area contributed by atoms with E-state index < -0.39 is 17.7 Å². The van der Waals surface area contributed by atoms with Gasteiger partial charge in [-0.1, -0.05) is 29.8 Å². The number of carbonyl (C=O) groups is 2. The first-order valence-corrected chi connectivity index (χ1v) is 12.5. The summed E-state index contributed by atoms with van der Waals surface area (Å²) in [5.41, 5.74) is 3.33. The van der Waals surface area contributed by atoms with Crippen molar-refractivity contribution in [3.63, 3.8) is 0 Å². The van der Waals surface area contributed by atoms with Gasteiger partial charge in [-0.3, -0.25) is 14.5 Å². The average Bonchev–Trinajstić information content (AvgIpc) is 3.34. The van der Waals surface area contributed by atoms with Crippen LogP contribution in [0.1, 0.15) is 35.0 Å². The van der Waals surface area contributed by atoms with Crippen LogP contribution < -0.4 is 0 Å². The first kappa shape index (κ1) is 24.5. The number of fused-ring (bicyclic) bond motifs is 1. The highest BCUT2D eigenvalue weighted by Crippen LogP contribution is 2.40. The zero-order valence-electron chi connectivity index (χ0n) is 20.4. The molecule has 0 spiro atoms. The van der Waals surface area contributed by atoms with E-state index in [1.54, 1.807) is 23.1 Å². The van der Waals surface area contributed by atoms with Gasteiger partial charge in [-0.15, -0.1) is 0 Å². The van der Waals surface area contributed by atoms with Gasteiger partial charge in [-0.2, -0.15) is 0 Å². The molecule has 2 saturated heterocycles. The van der Waals surface area contributed by atoms with Crippen molar-refractivity contribution in [3.05, 3.63) is 75.7 Å². The van der Waals surface area contributed by atoms with Crippen LogP contribution in [0.2, 0.25) is 5.02 Å². The quantitative estimate of drug-likeness (QED) is 0.310. The Kier molecular flexibility index (Phi) is 6.83. The molecule has 1 aromatic carbocycles. The van der Waals surface area contributed by atoms with E-state index in [2.05, 4.69) is 9.88 Å². The number of halogens is 1. The van der Waals surface area contributed by atoms with E-state index in [4.69, 9.17) is 16.3 Å². The topological polar surface area (TPSA) is 87.4 Å². The van der Waals surface area contributed by atoms with Crippen molar-refractivity contribution in [1.29, 1.82) is 0 Å². The molecular weight excluding hydrogens is 480 g/mol. The molecule has 1 atom stereocenters. The molecular formula is C27H29ClN4O4. The first-order valence-electron chi connectivity index (χ1n) is 12.2. The van der Waals surface area contributed by atoms with Crippen molar-refractivity contribution < 1.29 is 19.4 Å². The van der Waals surface area contributed by atoms with Crippen LogP contribution in [0.4, 0.5) is 0 Å².